The molecule has 0 fully saturated rings. The fourth-order valence-corrected chi connectivity index (χ4v) is 3.62. The van der Waals surface area contributed by atoms with Crippen molar-refractivity contribution < 1.29 is 18.8 Å². The van der Waals surface area contributed by atoms with Gasteiger partial charge in [0.05, 0.1) is 11.1 Å². The molecule has 7 heteroatoms. The van der Waals surface area contributed by atoms with Crippen LogP contribution in [0.2, 0.25) is 0 Å². The number of aromatic nitrogens is 3. The Bertz CT molecular complexity index is 1280. The first-order valence-corrected chi connectivity index (χ1v) is 9.54. The Labute approximate surface area is 173 Å². The van der Waals surface area contributed by atoms with Crippen LogP contribution < -0.4 is 0 Å². The van der Waals surface area contributed by atoms with E-state index >= 15 is 0 Å². The first kappa shape index (κ1) is 19.6. The molecule has 0 saturated heterocycles. The van der Waals surface area contributed by atoms with Gasteiger partial charge in [-0.2, -0.15) is 0 Å². The minimum atomic E-state index is -0.550. The fourth-order valence-electron chi connectivity index (χ4n) is 3.62. The number of para-hydroxylation sites is 1. The Morgan fingerprint density at radius 1 is 1.03 bits per heavy atom. The van der Waals surface area contributed by atoms with Gasteiger partial charge in [0.25, 0.3) is 0 Å². The van der Waals surface area contributed by atoms with Crippen LogP contribution in [0.25, 0.3) is 16.7 Å². The summed E-state index contributed by atoms with van der Waals surface area (Å²) < 4.78 is 12.3. The molecular formula is C23H21N3O4. The van der Waals surface area contributed by atoms with Gasteiger partial charge >= 0.3 is 5.97 Å². The van der Waals surface area contributed by atoms with Gasteiger partial charge in [0, 0.05) is 34.1 Å². The fraction of sp³-hybridized carbons (Fsp3) is 0.217. The molecule has 0 saturated carbocycles. The van der Waals surface area contributed by atoms with Crippen LogP contribution in [0.3, 0.4) is 0 Å². The minimum Gasteiger partial charge on any atom is -0.454 e. The lowest BCUT2D eigenvalue weighted by atomic mass is 10.1. The average molecular weight is 403 g/mol. The number of aryl methyl sites for hydroxylation is 3. The van der Waals surface area contributed by atoms with E-state index in [1.807, 2.05) is 49.6 Å². The molecule has 0 aliphatic rings. The molecule has 0 atom stereocenters. The molecular weight excluding hydrogens is 382 g/mol. The van der Waals surface area contributed by atoms with Crippen LogP contribution in [-0.4, -0.2) is 33.1 Å². The van der Waals surface area contributed by atoms with E-state index in [-0.39, 0.29) is 12.4 Å². The van der Waals surface area contributed by atoms with Crippen LogP contribution in [-0.2, 0) is 4.74 Å². The summed E-state index contributed by atoms with van der Waals surface area (Å²) in [4.78, 5) is 29.9. The molecule has 0 unspecified atom stereocenters. The SMILES string of the molecule is Cc1cc(C(=O)OCC(=O)c2cc(C)n(-c3cc(C)on3)c2C)c2ccccc2n1. The third kappa shape index (κ3) is 3.50. The van der Waals surface area contributed by atoms with E-state index in [1.54, 1.807) is 25.1 Å². The Kier molecular flexibility index (Phi) is 4.95. The molecule has 152 valence electrons. The molecule has 4 aromatic rings. The number of benzene rings is 1. The molecule has 0 bridgehead atoms. The van der Waals surface area contributed by atoms with Crippen LogP contribution in [0.15, 0.2) is 47.0 Å². The molecule has 1 aromatic carbocycles. The number of Topliss-reactive ketones (excluding diaryl/α,β-unsaturated/α-hetero) is 1. The van der Waals surface area contributed by atoms with Crippen molar-refractivity contribution in [1.82, 2.24) is 14.7 Å². The molecule has 0 spiro atoms. The van der Waals surface area contributed by atoms with Crippen LogP contribution in [0.4, 0.5) is 0 Å². The maximum Gasteiger partial charge on any atom is 0.339 e. The normalized spacial score (nSPS) is 11.1. The third-order valence-electron chi connectivity index (χ3n) is 4.97. The van der Waals surface area contributed by atoms with Gasteiger partial charge in [0.1, 0.15) is 5.76 Å². The van der Waals surface area contributed by atoms with Crippen molar-refractivity contribution in [1.29, 1.82) is 0 Å². The largest absolute Gasteiger partial charge is 0.454 e. The second-order valence-electron chi connectivity index (χ2n) is 7.24. The van der Waals surface area contributed by atoms with Gasteiger partial charge in [-0.3, -0.25) is 14.3 Å². The maximum absolute atomic E-state index is 12.8. The van der Waals surface area contributed by atoms with E-state index in [9.17, 15) is 9.59 Å². The second kappa shape index (κ2) is 7.59. The first-order valence-electron chi connectivity index (χ1n) is 9.54. The van der Waals surface area contributed by atoms with Gasteiger partial charge in [-0.25, -0.2) is 4.79 Å². The standard InChI is InChI=1S/C23H21N3O4/c1-13-9-19(17-7-5-6-8-20(17)24-13)23(28)29-12-21(27)18-10-14(2)26(16(18)4)22-11-15(3)30-25-22/h5-11H,12H2,1-4H3. The Morgan fingerprint density at radius 2 is 1.80 bits per heavy atom. The summed E-state index contributed by atoms with van der Waals surface area (Å²) in [6.07, 6.45) is 0. The highest BCUT2D eigenvalue weighted by molar-refractivity contribution is 6.05. The highest BCUT2D eigenvalue weighted by Gasteiger charge is 2.21. The zero-order valence-electron chi connectivity index (χ0n) is 17.2. The van der Waals surface area contributed by atoms with E-state index in [0.717, 1.165) is 5.69 Å². The van der Waals surface area contributed by atoms with E-state index < -0.39 is 5.97 Å². The summed E-state index contributed by atoms with van der Waals surface area (Å²) in [6.45, 7) is 6.98. The van der Waals surface area contributed by atoms with E-state index in [1.165, 1.54) is 0 Å². The average Bonchev–Trinajstić information content (AvgIpc) is 3.27. The Hall–Kier alpha value is -3.74. The number of carbonyl (C=O) groups excluding carboxylic acids is 2. The first-order chi connectivity index (χ1) is 14.3. The number of pyridine rings is 1. The number of esters is 1. The summed E-state index contributed by atoms with van der Waals surface area (Å²) in [7, 11) is 0. The number of nitrogens with zero attached hydrogens (tertiary/aromatic N) is 3. The number of hydrogen-bond acceptors (Lipinski definition) is 6. The van der Waals surface area contributed by atoms with Gasteiger partial charge in [-0.15, -0.1) is 0 Å². The summed E-state index contributed by atoms with van der Waals surface area (Å²) >= 11 is 0. The zero-order valence-corrected chi connectivity index (χ0v) is 17.2. The highest BCUT2D eigenvalue weighted by Crippen LogP contribution is 2.22. The minimum absolute atomic E-state index is 0.280. The molecule has 0 amide bonds. The van der Waals surface area contributed by atoms with Crippen molar-refractivity contribution >= 4 is 22.7 Å². The van der Waals surface area contributed by atoms with Crippen LogP contribution >= 0.6 is 0 Å². The van der Waals surface area contributed by atoms with Gasteiger partial charge in [-0.1, -0.05) is 23.4 Å². The lowest BCUT2D eigenvalue weighted by Gasteiger charge is -2.08. The van der Waals surface area contributed by atoms with Crippen LogP contribution in [0.5, 0.6) is 0 Å². The molecule has 3 aromatic heterocycles. The molecule has 0 N–H and O–H groups in total. The van der Waals surface area contributed by atoms with Crippen LogP contribution in [0.1, 0.15) is 43.6 Å². The molecule has 0 aliphatic heterocycles. The number of ketones is 1. The molecule has 3 heterocycles. The quantitative estimate of drug-likeness (QED) is 0.365. The predicted octanol–water partition coefficient (Wildman–Crippen LogP) is 4.29. The molecule has 7 nitrogen and oxygen atoms in total. The molecule has 0 aliphatic carbocycles. The maximum atomic E-state index is 12.8. The van der Waals surface area contributed by atoms with Crippen molar-refractivity contribution in [2.24, 2.45) is 0 Å². The summed E-state index contributed by atoms with van der Waals surface area (Å²) in [5, 5.41) is 4.71. The smallest absolute Gasteiger partial charge is 0.339 e. The van der Waals surface area contributed by atoms with E-state index in [4.69, 9.17) is 9.26 Å². The topological polar surface area (TPSA) is 87.2 Å². The Balaban J connectivity index is 1.56. The highest BCUT2D eigenvalue weighted by atomic mass is 16.5. The predicted molar refractivity (Wildman–Crippen MR) is 111 cm³/mol. The number of ether oxygens (including phenoxy) is 1. The lowest BCUT2D eigenvalue weighted by Crippen LogP contribution is -2.15. The monoisotopic (exact) mass is 403 g/mol. The van der Waals surface area contributed by atoms with Crippen molar-refractivity contribution in [3.8, 4) is 5.82 Å². The number of rotatable bonds is 5. The third-order valence-corrected chi connectivity index (χ3v) is 4.97. The molecule has 4 rings (SSSR count). The number of carbonyl (C=O) groups is 2. The summed E-state index contributed by atoms with van der Waals surface area (Å²) in [5.74, 6) is 0.459. The lowest BCUT2D eigenvalue weighted by molar-refractivity contribution is 0.0476. The number of fused-ring (bicyclic) bond motifs is 1. The second-order valence-corrected chi connectivity index (χ2v) is 7.24. The van der Waals surface area contributed by atoms with E-state index in [2.05, 4.69) is 10.1 Å². The van der Waals surface area contributed by atoms with Crippen molar-refractivity contribution in [2.75, 3.05) is 6.61 Å². The molecule has 0 radical (unpaired) electrons. The van der Waals surface area contributed by atoms with Gasteiger partial charge in [0.15, 0.2) is 12.4 Å². The van der Waals surface area contributed by atoms with Crippen molar-refractivity contribution in [3.05, 3.63) is 76.4 Å². The Morgan fingerprint density at radius 3 is 2.53 bits per heavy atom. The summed E-state index contributed by atoms with van der Waals surface area (Å²) in [5.41, 5.74) is 3.85. The van der Waals surface area contributed by atoms with Crippen LogP contribution in [0, 0.1) is 27.7 Å². The molecule has 30 heavy (non-hydrogen) atoms. The van der Waals surface area contributed by atoms with Gasteiger partial charge < -0.3 is 9.26 Å². The van der Waals surface area contributed by atoms with Crippen molar-refractivity contribution in [2.45, 2.75) is 27.7 Å². The summed E-state index contributed by atoms with van der Waals surface area (Å²) in [6, 6.07) is 12.6. The zero-order chi connectivity index (χ0) is 21.4. The van der Waals surface area contributed by atoms with Gasteiger partial charge in [-0.05, 0) is 45.9 Å². The number of hydrogen-bond donors (Lipinski definition) is 0. The van der Waals surface area contributed by atoms with E-state index in [0.29, 0.717) is 45.0 Å². The van der Waals surface area contributed by atoms with Gasteiger partial charge in [0.2, 0.25) is 5.78 Å². The van der Waals surface area contributed by atoms with Crippen molar-refractivity contribution in [3.63, 3.8) is 0 Å².